The summed E-state index contributed by atoms with van der Waals surface area (Å²) >= 11 is 2.87. The van der Waals surface area contributed by atoms with Gasteiger partial charge in [0.1, 0.15) is 10.7 Å². The summed E-state index contributed by atoms with van der Waals surface area (Å²) in [6.45, 7) is 4.42. The smallest absolute Gasteiger partial charge is 0.259 e. The second-order valence-corrected chi connectivity index (χ2v) is 7.70. The van der Waals surface area contributed by atoms with Crippen LogP contribution in [0.1, 0.15) is 29.1 Å². The summed E-state index contributed by atoms with van der Waals surface area (Å²) in [5.41, 5.74) is 0.842. The number of nitrogens with zero attached hydrogens (tertiary/aromatic N) is 2. The average molecular weight is 351 g/mol. The molecule has 6 nitrogen and oxygen atoms in total. The normalized spacial score (nSPS) is 14.9. The zero-order valence-electron chi connectivity index (χ0n) is 13.0. The van der Waals surface area contributed by atoms with Crippen LogP contribution in [0.4, 0.5) is 0 Å². The molecular formula is C15H17N3O3S2. The van der Waals surface area contributed by atoms with Gasteiger partial charge in [0.15, 0.2) is 0 Å². The number of amides is 2. The molecular weight excluding hydrogens is 334 g/mol. The van der Waals surface area contributed by atoms with Crippen molar-refractivity contribution in [2.75, 3.05) is 12.3 Å². The molecule has 2 aromatic heterocycles. The summed E-state index contributed by atoms with van der Waals surface area (Å²) in [6.07, 6.45) is 1.21. The molecule has 1 saturated heterocycles. The Morgan fingerprint density at radius 3 is 2.87 bits per heavy atom. The van der Waals surface area contributed by atoms with Gasteiger partial charge in [0.2, 0.25) is 11.8 Å². The lowest BCUT2D eigenvalue weighted by Crippen LogP contribution is -2.33. The molecule has 1 fully saturated rings. The van der Waals surface area contributed by atoms with Gasteiger partial charge in [-0.2, -0.15) is 0 Å². The van der Waals surface area contributed by atoms with Crippen molar-refractivity contribution in [3.63, 3.8) is 0 Å². The third-order valence-electron chi connectivity index (χ3n) is 3.93. The number of imide groups is 1. The maximum atomic E-state index is 12.2. The predicted octanol–water partition coefficient (Wildman–Crippen LogP) is 1.98. The fourth-order valence-electron chi connectivity index (χ4n) is 2.59. The molecule has 3 rings (SSSR count). The van der Waals surface area contributed by atoms with Crippen molar-refractivity contribution in [3.8, 4) is 0 Å². The van der Waals surface area contributed by atoms with Gasteiger partial charge in [0.25, 0.3) is 5.56 Å². The third kappa shape index (κ3) is 3.18. The number of carbonyl (C=O) groups excluding carboxylic acids is 2. The lowest BCUT2D eigenvalue weighted by molar-refractivity contribution is -0.140. The molecule has 23 heavy (non-hydrogen) atoms. The van der Waals surface area contributed by atoms with Crippen LogP contribution < -0.4 is 5.56 Å². The lowest BCUT2D eigenvalue weighted by atomic mass is 10.2. The first-order valence-electron chi connectivity index (χ1n) is 7.37. The second kappa shape index (κ2) is 6.45. The molecule has 0 aliphatic carbocycles. The highest BCUT2D eigenvalue weighted by Crippen LogP contribution is 2.26. The number of likely N-dealkylation sites (tertiary alicyclic amines) is 1. The zero-order valence-corrected chi connectivity index (χ0v) is 14.6. The summed E-state index contributed by atoms with van der Waals surface area (Å²) in [7, 11) is 0. The SMILES string of the molecule is Cc1sc2nc(CSCC(=O)N3CCCC3=O)[nH]c(=O)c2c1C. The number of rotatable bonds is 4. The highest BCUT2D eigenvalue weighted by atomic mass is 32.2. The summed E-state index contributed by atoms with van der Waals surface area (Å²) in [5.74, 6) is 0.969. The van der Waals surface area contributed by atoms with E-state index in [1.165, 1.54) is 28.0 Å². The van der Waals surface area contributed by atoms with E-state index < -0.39 is 0 Å². The van der Waals surface area contributed by atoms with Crippen LogP contribution >= 0.6 is 23.1 Å². The standard InChI is InChI=1S/C15H17N3O3S2/c1-8-9(2)23-15-13(8)14(21)16-10(17-15)6-22-7-12(20)18-5-3-4-11(18)19/h3-7H2,1-2H3,(H,16,17,21). The fraction of sp³-hybridized carbons (Fsp3) is 0.467. The van der Waals surface area contributed by atoms with Crippen molar-refractivity contribution >= 4 is 45.1 Å². The van der Waals surface area contributed by atoms with E-state index >= 15 is 0 Å². The monoisotopic (exact) mass is 351 g/mol. The van der Waals surface area contributed by atoms with Crippen LogP contribution in [0.15, 0.2) is 4.79 Å². The Bertz CT molecular complexity index is 840. The molecule has 1 aliphatic rings. The summed E-state index contributed by atoms with van der Waals surface area (Å²) in [5, 5.41) is 0.653. The Kier molecular flexibility index (Phi) is 4.54. The van der Waals surface area contributed by atoms with Crippen molar-refractivity contribution < 1.29 is 9.59 Å². The average Bonchev–Trinajstić information content (AvgIpc) is 3.03. The molecule has 0 bridgehead atoms. The van der Waals surface area contributed by atoms with Crippen LogP contribution in [-0.2, 0) is 15.3 Å². The highest BCUT2D eigenvalue weighted by molar-refractivity contribution is 7.99. The molecule has 0 radical (unpaired) electrons. The molecule has 122 valence electrons. The predicted molar refractivity (Wildman–Crippen MR) is 91.8 cm³/mol. The zero-order chi connectivity index (χ0) is 16.6. The maximum Gasteiger partial charge on any atom is 0.259 e. The van der Waals surface area contributed by atoms with Crippen molar-refractivity contribution in [3.05, 3.63) is 26.6 Å². The number of thiophene rings is 1. The Morgan fingerprint density at radius 2 is 2.17 bits per heavy atom. The van der Waals surface area contributed by atoms with Gasteiger partial charge in [-0.05, 0) is 25.8 Å². The highest BCUT2D eigenvalue weighted by Gasteiger charge is 2.25. The second-order valence-electron chi connectivity index (χ2n) is 5.51. The number of aryl methyl sites for hydroxylation is 2. The Balaban J connectivity index is 1.67. The first-order chi connectivity index (χ1) is 11.0. The molecule has 0 saturated carbocycles. The van der Waals surface area contributed by atoms with Gasteiger partial charge in [-0.25, -0.2) is 4.98 Å². The van der Waals surface area contributed by atoms with Gasteiger partial charge in [0.05, 0.1) is 16.9 Å². The van der Waals surface area contributed by atoms with Crippen molar-refractivity contribution in [1.29, 1.82) is 0 Å². The van der Waals surface area contributed by atoms with Crippen LogP contribution in [-0.4, -0.2) is 39.0 Å². The van der Waals surface area contributed by atoms with Crippen LogP contribution in [0.25, 0.3) is 10.2 Å². The van der Waals surface area contributed by atoms with Gasteiger partial charge < -0.3 is 4.98 Å². The van der Waals surface area contributed by atoms with Gasteiger partial charge >= 0.3 is 0 Å². The van der Waals surface area contributed by atoms with Gasteiger partial charge in [0, 0.05) is 17.8 Å². The van der Waals surface area contributed by atoms with Gasteiger partial charge in [-0.3, -0.25) is 19.3 Å². The lowest BCUT2D eigenvalue weighted by Gasteiger charge is -2.12. The molecule has 1 N–H and O–H groups in total. The molecule has 2 amide bonds. The molecule has 3 heterocycles. The molecule has 0 unspecified atom stereocenters. The van der Waals surface area contributed by atoms with Crippen LogP contribution in [0, 0.1) is 13.8 Å². The Morgan fingerprint density at radius 1 is 1.39 bits per heavy atom. The van der Waals surface area contributed by atoms with E-state index in [4.69, 9.17) is 0 Å². The minimum Gasteiger partial charge on any atom is -0.309 e. The van der Waals surface area contributed by atoms with Crippen molar-refractivity contribution in [2.45, 2.75) is 32.4 Å². The number of hydrogen-bond donors (Lipinski definition) is 1. The number of aromatic nitrogens is 2. The molecule has 1 aliphatic heterocycles. The molecule has 0 aromatic carbocycles. The molecule has 2 aromatic rings. The van der Waals surface area contributed by atoms with E-state index in [2.05, 4.69) is 9.97 Å². The van der Waals surface area contributed by atoms with Crippen molar-refractivity contribution in [1.82, 2.24) is 14.9 Å². The largest absolute Gasteiger partial charge is 0.309 e. The van der Waals surface area contributed by atoms with Gasteiger partial charge in [-0.15, -0.1) is 23.1 Å². The summed E-state index contributed by atoms with van der Waals surface area (Å²) in [6, 6.07) is 0. The number of thioether (sulfide) groups is 1. The number of nitrogens with one attached hydrogen (secondary N) is 1. The van der Waals surface area contributed by atoms with Crippen LogP contribution in [0.2, 0.25) is 0 Å². The maximum absolute atomic E-state index is 12.2. The van der Waals surface area contributed by atoms with Crippen LogP contribution in [0.3, 0.4) is 0 Å². The van der Waals surface area contributed by atoms with E-state index in [-0.39, 0.29) is 23.1 Å². The van der Waals surface area contributed by atoms with E-state index in [1.54, 1.807) is 0 Å². The van der Waals surface area contributed by atoms with Crippen LogP contribution in [0.5, 0.6) is 0 Å². The number of H-pyrrole nitrogens is 1. The minimum absolute atomic E-state index is 0.0897. The molecule has 0 atom stereocenters. The summed E-state index contributed by atoms with van der Waals surface area (Å²) in [4.78, 5) is 46.0. The van der Waals surface area contributed by atoms with E-state index in [1.807, 2.05) is 13.8 Å². The quantitative estimate of drug-likeness (QED) is 0.911. The first-order valence-corrected chi connectivity index (χ1v) is 9.34. The number of hydrogen-bond acceptors (Lipinski definition) is 6. The number of aromatic amines is 1. The minimum atomic E-state index is -0.163. The van der Waals surface area contributed by atoms with Gasteiger partial charge in [-0.1, -0.05) is 0 Å². The number of carbonyl (C=O) groups is 2. The fourth-order valence-corrected chi connectivity index (χ4v) is 4.40. The Hall–Kier alpha value is -1.67. The van der Waals surface area contributed by atoms with E-state index in [0.717, 1.165) is 21.7 Å². The van der Waals surface area contributed by atoms with E-state index in [0.29, 0.717) is 29.9 Å². The van der Waals surface area contributed by atoms with E-state index in [9.17, 15) is 14.4 Å². The Labute approximate surface area is 141 Å². The third-order valence-corrected chi connectivity index (χ3v) is 5.96. The summed E-state index contributed by atoms with van der Waals surface area (Å²) < 4.78 is 0. The first kappa shape index (κ1) is 16.2. The van der Waals surface area contributed by atoms with Crippen molar-refractivity contribution in [2.24, 2.45) is 0 Å². The topological polar surface area (TPSA) is 83.1 Å². The number of fused-ring (bicyclic) bond motifs is 1. The molecule has 0 spiro atoms. The molecule has 8 heteroatoms.